The van der Waals surface area contributed by atoms with Gasteiger partial charge in [0.1, 0.15) is 4.90 Å². The standard InChI is InChI=1S/C16H15ClF2N4O4S/c1-26-14-10(6-13(18)19)15(27-2)22-16(21-14)23-7-12(28(20,24)25)9-4-3-8(17)5-11(9)23/h3-5,7,13H,6H2,1-2H3,(H2,20,24,25). The third kappa shape index (κ3) is 3.73. The molecule has 0 saturated heterocycles. The van der Waals surface area contributed by atoms with Crippen LogP contribution in [0.15, 0.2) is 29.3 Å². The van der Waals surface area contributed by atoms with E-state index in [1.54, 1.807) is 0 Å². The van der Waals surface area contributed by atoms with Gasteiger partial charge >= 0.3 is 0 Å². The molecule has 3 rings (SSSR count). The molecule has 0 unspecified atom stereocenters. The number of aromatic nitrogens is 3. The predicted octanol–water partition coefficient (Wildman–Crippen LogP) is 2.55. The number of alkyl halides is 2. The lowest BCUT2D eigenvalue weighted by atomic mass is 10.2. The third-order valence-electron chi connectivity index (χ3n) is 3.92. The number of benzene rings is 1. The fraction of sp³-hybridized carbons (Fsp3) is 0.250. The van der Waals surface area contributed by atoms with Gasteiger partial charge in [-0.05, 0) is 18.2 Å². The molecule has 2 aromatic heterocycles. The van der Waals surface area contributed by atoms with Crippen LogP contribution in [0.3, 0.4) is 0 Å². The van der Waals surface area contributed by atoms with E-state index in [1.807, 2.05) is 0 Å². The van der Waals surface area contributed by atoms with Crippen molar-refractivity contribution in [2.75, 3.05) is 14.2 Å². The number of rotatable bonds is 6. The van der Waals surface area contributed by atoms with Crippen molar-refractivity contribution >= 4 is 32.5 Å². The molecule has 150 valence electrons. The molecule has 2 N–H and O–H groups in total. The summed E-state index contributed by atoms with van der Waals surface area (Å²) >= 11 is 6.03. The Morgan fingerprint density at radius 2 is 1.82 bits per heavy atom. The number of primary sulfonamides is 1. The summed E-state index contributed by atoms with van der Waals surface area (Å²) in [4.78, 5) is 8.10. The van der Waals surface area contributed by atoms with Crippen LogP contribution in [0.2, 0.25) is 5.02 Å². The lowest BCUT2D eigenvalue weighted by molar-refractivity contribution is 0.146. The maximum Gasteiger partial charge on any atom is 0.243 e. The highest BCUT2D eigenvalue weighted by Crippen LogP contribution is 2.32. The Morgan fingerprint density at radius 1 is 1.21 bits per heavy atom. The van der Waals surface area contributed by atoms with E-state index in [0.29, 0.717) is 15.9 Å². The highest BCUT2D eigenvalue weighted by molar-refractivity contribution is 7.89. The first-order chi connectivity index (χ1) is 13.2. The van der Waals surface area contributed by atoms with E-state index < -0.39 is 22.9 Å². The van der Waals surface area contributed by atoms with Crippen molar-refractivity contribution in [1.29, 1.82) is 0 Å². The smallest absolute Gasteiger partial charge is 0.243 e. The number of ether oxygens (including phenoxy) is 2. The van der Waals surface area contributed by atoms with Gasteiger partial charge in [0, 0.05) is 23.0 Å². The Hall–Kier alpha value is -2.50. The summed E-state index contributed by atoms with van der Waals surface area (Å²) in [5.41, 5.74) is 0.340. The highest BCUT2D eigenvalue weighted by Gasteiger charge is 2.24. The van der Waals surface area contributed by atoms with E-state index in [1.165, 1.54) is 43.2 Å². The van der Waals surface area contributed by atoms with E-state index in [0.717, 1.165) is 0 Å². The van der Waals surface area contributed by atoms with Crippen LogP contribution in [0.4, 0.5) is 8.78 Å². The fourth-order valence-electron chi connectivity index (χ4n) is 2.77. The molecule has 0 radical (unpaired) electrons. The van der Waals surface area contributed by atoms with Gasteiger partial charge < -0.3 is 9.47 Å². The number of halogens is 3. The first kappa shape index (κ1) is 20.2. The molecule has 0 aliphatic rings. The lowest BCUT2D eigenvalue weighted by Crippen LogP contribution is -2.12. The van der Waals surface area contributed by atoms with Gasteiger partial charge in [0.15, 0.2) is 0 Å². The summed E-state index contributed by atoms with van der Waals surface area (Å²) < 4.78 is 61.3. The number of hydrogen-bond donors (Lipinski definition) is 1. The Labute approximate surface area is 163 Å². The van der Waals surface area contributed by atoms with Crippen LogP contribution in [0.25, 0.3) is 16.9 Å². The van der Waals surface area contributed by atoms with E-state index in [9.17, 15) is 17.2 Å². The Balaban J connectivity index is 2.32. The van der Waals surface area contributed by atoms with E-state index >= 15 is 0 Å². The lowest BCUT2D eigenvalue weighted by Gasteiger charge is -2.13. The maximum atomic E-state index is 12.9. The fourth-order valence-corrected chi connectivity index (χ4v) is 3.67. The van der Waals surface area contributed by atoms with Gasteiger partial charge in [0.25, 0.3) is 0 Å². The third-order valence-corrected chi connectivity index (χ3v) is 5.09. The molecule has 0 atom stereocenters. The van der Waals surface area contributed by atoms with Gasteiger partial charge in [-0.1, -0.05) is 11.6 Å². The molecule has 0 saturated carbocycles. The zero-order valence-corrected chi connectivity index (χ0v) is 16.3. The maximum absolute atomic E-state index is 12.9. The molecule has 12 heteroatoms. The number of fused-ring (bicyclic) bond motifs is 1. The monoisotopic (exact) mass is 432 g/mol. The number of methoxy groups -OCH3 is 2. The molecule has 2 heterocycles. The van der Waals surface area contributed by atoms with E-state index in [-0.39, 0.29) is 28.2 Å². The molecule has 8 nitrogen and oxygen atoms in total. The molecule has 1 aromatic carbocycles. The normalized spacial score (nSPS) is 12.0. The van der Waals surface area contributed by atoms with Crippen molar-refractivity contribution in [1.82, 2.24) is 14.5 Å². The molecule has 0 bridgehead atoms. The molecule has 0 aliphatic heterocycles. The van der Waals surface area contributed by atoms with Crippen molar-refractivity contribution in [3.05, 3.63) is 35.0 Å². The Kier molecular flexibility index (Phi) is 5.41. The van der Waals surface area contributed by atoms with Crippen LogP contribution in [0.1, 0.15) is 5.56 Å². The van der Waals surface area contributed by atoms with Crippen molar-refractivity contribution in [3.8, 4) is 17.7 Å². The minimum Gasteiger partial charge on any atom is -0.481 e. The molecule has 0 spiro atoms. The van der Waals surface area contributed by atoms with Gasteiger partial charge in [-0.15, -0.1) is 0 Å². The number of hydrogen-bond acceptors (Lipinski definition) is 6. The Morgan fingerprint density at radius 3 is 2.32 bits per heavy atom. The molecule has 3 aromatic rings. The summed E-state index contributed by atoms with van der Waals surface area (Å²) in [5.74, 6) is -0.305. The average Bonchev–Trinajstić information content (AvgIpc) is 3.00. The molecular formula is C16H15ClF2N4O4S. The first-order valence-corrected chi connectivity index (χ1v) is 9.69. The molecular weight excluding hydrogens is 418 g/mol. The molecule has 0 aliphatic carbocycles. The minimum absolute atomic E-state index is 0.00934. The molecule has 0 amide bonds. The van der Waals surface area contributed by atoms with Crippen molar-refractivity contribution < 1.29 is 26.7 Å². The predicted molar refractivity (Wildman–Crippen MR) is 98.1 cm³/mol. The van der Waals surface area contributed by atoms with Crippen molar-refractivity contribution in [2.45, 2.75) is 17.7 Å². The summed E-state index contributed by atoms with van der Waals surface area (Å²) in [5, 5.41) is 5.93. The van der Waals surface area contributed by atoms with Crippen LogP contribution < -0.4 is 14.6 Å². The first-order valence-electron chi connectivity index (χ1n) is 7.76. The second-order valence-electron chi connectivity index (χ2n) is 5.69. The topological polar surface area (TPSA) is 109 Å². The largest absolute Gasteiger partial charge is 0.481 e. The Bertz CT molecular complexity index is 1130. The number of nitrogens with zero attached hydrogens (tertiary/aromatic N) is 3. The second kappa shape index (κ2) is 7.49. The van der Waals surface area contributed by atoms with Crippen LogP contribution >= 0.6 is 11.6 Å². The zero-order chi connectivity index (χ0) is 20.6. The summed E-state index contributed by atoms with van der Waals surface area (Å²) in [6.45, 7) is 0. The minimum atomic E-state index is -4.07. The average molecular weight is 433 g/mol. The SMILES string of the molecule is COc1nc(-n2cc(S(N)(=O)=O)c3ccc(Cl)cc32)nc(OC)c1CC(F)F. The second-order valence-corrected chi connectivity index (χ2v) is 7.65. The summed E-state index contributed by atoms with van der Waals surface area (Å²) in [7, 11) is -1.54. The quantitative estimate of drug-likeness (QED) is 0.641. The molecule has 0 fully saturated rings. The van der Waals surface area contributed by atoms with Gasteiger partial charge in [-0.2, -0.15) is 9.97 Å². The van der Waals surface area contributed by atoms with Crippen LogP contribution in [-0.2, 0) is 16.4 Å². The van der Waals surface area contributed by atoms with Crippen molar-refractivity contribution in [2.24, 2.45) is 5.14 Å². The van der Waals surface area contributed by atoms with Gasteiger partial charge in [0.05, 0.1) is 25.3 Å². The van der Waals surface area contributed by atoms with Gasteiger partial charge in [-0.3, -0.25) is 4.57 Å². The van der Waals surface area contributed by atoms with Crippen molar-refractivity contribution in [3.63, 3.8) is 0 Å². The van der Waals surface area contributed by atoms with Gasteiger partial charge in [0.2, 0.25) is 34.2 Å². The summed E-state index contributed by atoms with van der Waals surface area (Å²) in [6, 6.07) is 4.51. The number of nitrogens with two attached hydrogens (primary N) is 1. The summed E-state index contributed by atoms with van der Waals surface area (Å²) in [6.07, 6.45) is -2.12. The number of sulfonamides is 1. The van der Waals surface area contributed by atoms with Gasteiger partial charge in [-0.25, -0.2) is 22.3 Å². The zero-order valence-electron chi connectivity index (χ0n) is 14.7. The van der Waals surface area contributed by atoms with E-state index in [2.05, 4.69) is 9.97 Å². The highest BCUT2D eigenvalue weighted by atomic mass is 35.5. The van der Waals surface area contributed by atoms with Crippen LogP contribution in [-0.4, -0.2) is 43.6 Å². The molecule has 28 heavy (non-hydrogen) atoms. The van der Waals surface area contributed by atoms with Crippen LogP contribution in [0.5, 0.6) is 11.8 Å². The van der Waals surface area contributed by atoms with E-state index in [4.69, 9.17) is 26.2 Å². The van der Waals surface area contributed by atoms with Crippen LogP contribution in [0, 0.1) is 0 Å².